The third-order valence-electron chi connectivity index (χ3n) is 5.30. The molecular formula is C20H21ClN6O4S2. The van der Waals surface area contributed by atoms with Crippen LogP contribution < -0.4 is 5.32 Å². The highest BCUT2D eigenvalue weighted by molar-refractivity contribution is 8.01. The summed E-state index contributed by atoms with van der Waals surface area (Å²) in [5, 5.41) is 33.1. The van der Waals surface area contributed by atoms with Crippen molar-refractivity contribution < 1.29 is 20.1 Å². The Bertz CT molecular complexity index is 1250. The first kappa shape index (κ1) is 22.7. The molecule has 0 bridgehead atoms. The Morgan fingerprint density at radius 2 is 2.06 bits per heavy atom. The van der Waals surface area contributed by atoms with Crippen molar-refractivity contribution in [1.29, 1.82) is 0 Å². The Morgan fingerprint density at radius 1 is 1.24 bits per heavy atom. The van der Waals surface area contributed by atoms with Crippen LogP contribution in [0.25, 0.3) is 21.4 Å². The third kappa shape index (κ3) is 4.39. The molecule has 33 heavy (non-hydrogen) atoms. The Kier molecular flexibility index (Phi) is 6.40. The first-order valence-corrected chi connectivity index (χ1v) is 12.4. The van der Waals surface area contributed by atoms with E-state index >= 15 is 0 Å². The van der Waals surface area contributed by atoms with E-state index in [9.17, 15) is 15.3 Å². The van der Waals surface area contributed by atoms with Gasteiger partial charge in [0.05, 0.1) is 23.2 Å². The summed E-state index contributed by atoms with van der Waals surface area (Å²) in [4.78, 5) is 17.6. The van der Waals surface area contributed by atoms with Gasteiger partial charge in [-0.25, -0.2) is 9.97 Å². The molecule has 3 aromatic heterocycles. The van der Waals surface area contributed by atoms with Gasteiger partial charge in [-0.05, 0) is 30.7 Å². The quantitative estimate of drug-likeness (QED) is 0.217. The van der Waals surface area contributed by atoms with Crippen molar-refractivity contribution in [3.63, 3.8) is 0 Å². The lowest BCUT2D eigenvalue weighted by molar-refractivity contribution is -0.0511. The van der Waals surface area contributed by atoms with Gasteiger partial charge in [0.2, 0.25) is 5.28 Å². The lowest BCUT2D eigenvalue weighted by atomic mass is 10.1. The number of aliphatic hydroxyl groups is 3. The minimum absolute atomic E-state index is 0.00418. The minimum atomic E-state index is -1.26. The zero-order valence-corrected chi connectivity index (χ0v) is 19.8. The summed E-state index contributed by atoms with van der Waals surface area (Å²) in [5.74, 6) is 1.19. The van der Waals surface area contributed by atoms with Gasteiger partial charge < -0.3 is 25.4 Å². The maximum absolute atomic E-state index is 10.4. The first-order chi connectivity index (χ1) is 15.9. The van der Waals surface area contributed by atoms with Crippen LogP contribution in [0.2, 0.25) is 5.28 Å². The Labute approximate surface area is 201 Å². The molecule has 1 aliphatic rings. The van der Waals surface area contributed by atoms with Crippen molar-refractivity contribution in [2.75, 3.05) is 17.7 Å². The molecule has 0 aliphatic carbocycles. The van der Waals surface area contributed by atoms with Crippen LogP contribution >= 0.6 is 34.7 Å². The maximum atomic E-state index is 10.4. The first-order valence-electron chi connectivity index (χ1n) is 10.2. The molecule has 0 spiro atoms. The van der Waals surface area contributed by atoms with Crippen molar-refractivity contribution in [1.82, 2.24) is 24.5 Å². The molecule has 4 heterocycles. The normalized spacial score (nSPS) is 24.0. The third-order valence-corrected chi connectivity index (χ3v) is 7.91. The summed E-state index contributed by atoms with van der Waals surface area (Å²) >= 11 is 9.48. The zero-order valence-electron chi connectivity index (χ0n) is 17.4. The van der Waals surface area contributed by atoms with Crippen molar-refractivity contribution in [3.8, 4) is 0 Å². The van der Waals surface area contributed by atoms with Gasteiger partial charge in [-0.1, -0.05) is 23.9 Å². The topological polar surface area (TPSA) is 138 Å². The fraction of sp³-hybridized carbons (Fsp3) is 0.400. The molecule has 0 amide bonds. The molecule has 0 radical (unpaired) electrons. The van der Waals surface area contributed by atoms with E-state index in [1.807, 2.05) is 25.1 Å². The number of benzene rings is 1. The van der Waals surface area contributed by atoms with E-state index in [1.165, 1.54) is 10.9 Å². The number of para-hydroxylation sites is 1. The van der Waals surface area contributed by atoms with Gasteiger partial charge in [0.25, 0.3) is 0 Å². The molecule has 174 valence electrons. The minimum Gasteiger partial charge on any atom is -0.394 e. The number of rotatable bonds is 7. The molecule has 1 saturated heterocycles. The number of halogens is 1. The fourth-order valence-electron chi connectivity index (χ4n) is 3.67. The molecule has 4 aromatic rings. The number of aromatic nitrogens is 5. The average molecular weight is 509 g/mol. The summed E-state index contributed by atoms with van der Waals surface area (Å²) in [6.07, 6.45) is -2.91. The van der Waals surface area contributed by atoms with Crippen molar-refractivity contribution in [3.05, 3.63) is 35.9 Å². The van der Waals surface area contributed by atoms with Crippen LogP contribution in [0.3, 0.4) is 0 Å². The lowest BCUT2D eigenvalue weighted by Gasteiger charge is -2.17. The number of nitrogens with one attached hydrogen (secondary N) is 1. The van der Waals surface area contributed by atoms with Gasteiger partial charge in [-0.3, -0.25) is 4.57 Å². The highest BCUT2D eigenvalue weighted by Gasteiger charge is 2.44. The number of hydrogen-bond acceptors (Lipinski definition) is 11. The van der Waals surface area contributed by atoms with E-state index in [0.717, 1.165) is 20.3 Å². The van der Waals surface area contributed by atoms with E-state index in [-0.39, 0.29) is 11.3 Å². The highest BCUT2D eigenvalue weighted by atomic mass is 35.5. The van der Waals surface area contributed by atoms with Gasteiger partial charge in [-0.15, -0.1) is 11.3 Å². The van der Waals surface area contributed by atoms with Gasteiger partial charge in [0.15, 0.2) is 27.5 Å². The van der Waals surface area contributed by atoms with Crippen molar-refractivity contribution in [2.45, 2.75) is 41.8 Å². The lowest BCUT2D eigenvalue weighted by Crippen LogP contribution is -2.33. The number of ether oxygens (including phenoxy) is 1. The molecule has 1 fully saturated rings. The number of fused-ring (bicyclic) bond motifs is 2. The van der Waals surface area contributed by atoms with E-state index in [0.29, 0.717) is 17.0 Å². The number of hydrogen-bond donors (Lipinski definition) is 4. The largest absolute Gasteiger partial charge is 0.394 e. The van der Waals surface area contributed by atoms with Crippen LogP contribution in [0, 0.1) is 0 Å². The maximum Gasteiger partial charge on any atom is 0.226 e. The summed E-state index contributed by atoms with van der Waals surface area (Å²) in [5.41, 5.74) is 1.79. The predicted octanol–water partition coefficient (Wildman–Crippen LogP) is 2.29. The summed E-state index contributed by atoms with van der Waals surface area (Å²) in [7, 11) is 0. The second kappa shape index (κ2) is 9.29. The molecule has 5 atom stereocenters. The highest BCUT2D eigenvalue weighted by Crippen LogP contribution is 2.33. The SMILES string of the molecule is C[C@H](CSc1nc2ccccc2s1)Nc1nc(Cl)nc2c1ncn2C1OC(CO)C(O)C1O. The number of aliphatic hydroxyl groups excluding tert-OH is 3. The zero-order chi connectivity index (χ0) is 23.1. The molecular weight excluding hydrogens is 488 g/mol. The van der Waals surface area contributed by atoms with E-state index in [2.05, 4.69) is 31.3 Å². The van der Waals surface area contributed by atoms with E-state index in [4.69, 9.17) is 16.3 Å². The standard InChI is InChI=1S/C20H21ClN6O4S2/c1-9(7-32-20-24-10-4-2-3-5-12(10)33-20)23-16-13-17(26-19(21)25-16)27(8-22-13)18-15(30)14(29)11(6-28)31-18/h2-5,8-9,11,14-15,18,28-30H,6-7H2,1H3,(H,23,25,26)/t9-,11?,14?,15?,18?/m1/s1. The molecule has 13 heteroatoms. The Balaban J connectivity index is 1.34. The average Bonchev–Trinajstić information content (AvgIpc) is 3.48. The van der Waals surface area contributed by atoms with Crippen LogP contribution in [0.1, 0.15) is 13.2 Å². The predicted molar refractivity (Wildman–Crippen MR) is 127 cm³/mol. The fourth-order valence-corrected chi connectivity index (χ4v) is 5.88. The van der Waals surface area contributed by atoms with Crippen molar-refractivity contribution >= 4 is 61.9 Å². The van der Waals surface area contributed by atoms with Crippen LogP contribution in [0.4, 0.5) is 5.82 Å². The molecule has 4 unspecified atom stereocenters. The second-order valence-corrected chi connectivity index (χ2v) is 10.3. The van der Waals surface area contributed by atoms with Crippen LogP contribution in [-0.4, -0.2) is 76.5 Å². The van der Waals surface area contributed by atoms with Gasteiger partial charge >= 0.3 is 0 Å². The number of imidazole rings is 1. The van der Waals surface area contributed by atoms with Gasteiger partial charge in [0, 0.05) is 11.8 Å². The summed E-state index contributed by atoms with van der Waals surface area (Å²) in [6, 6.07) is 8.05. The van der Waals surface area contributed by atoms with Crippen LogP contribution in [0.5, 0.6) is 0 Å². The number of thiazole rings is 1. The molecule has 1 aliphatic heterocycles. The van der Waals surface area contributed by atoms with E-state index in [1.54, 1.807) is 23.1 Å². The summed E-state index contributed by atoms with van der Waals surface area (Å²) in [6.45, 7) is 1.60. The molecule has 5 rings (SSSR count). The van der Waals surface area contributed by atoms with Gasteiger partial charge in [0.1, 0.15) is 18.3 Å². The number of nitrogens with zero attached hydrogens (tertiary/aromatic N) is 5. The molecule has 1 aromatic carbocycles. The van der Waals surface area contributed by atoms with Gasteiger partial charge in [-0.2, -0.15) is 9.97 Å². The van der Waals surface area contributed by atoms with Crippen LogP contribution in [-0.2, 0) is 4.74 Å². The smallest absolute Gasteiger partial charge is 0.226 e. The Hall–Kier alpha value is -2.06. The second-order valence-electron chi connectivity index (χ2n) is 7.70. The Morgan fingerprint density at radius 3 is 2.82 bits per heavy atom. The summed E-state index contributed by atoms with van der Waals surface area (Å²) < 4.78 is 9.23. The van der Waals surface area contributed by atoms with Crippen LogP contribution in [0.15, 0.2) is 34.9 Å². The molecule has 10 nitrogen and oxygen atoms in total. The molecule has 4 N–H and O–H groups in total. The van der Waals surface area contributed by atoms with E-state index < -0.39 is 31.1 Å². The van der Waals surface area contributed by atoms with Crippen molar-refractivity contribution in [2.24, 2.45) is 0 Å². The number of anilines is 1. The number of thioether (sulfide) groups is 1. The molecule has 0 saturated carbocycles. The monoisotopic (exact) mass is 508 g/mol.